The van der Waals surface area contributed by atoms with Crippen LogP contribution in [0.25, 0.3) is 0 Å². The third-order valence-electron chi connectivity index (χ3n) is 4.75. The number of carbonyl (C=O) groups is 3. The smallest absolute Gasteiger partial charge is 0.262 e. The lowest BCUT2D eigenvalue weighted by molar-refractivity contribution is -0.117. The summed E-state index contributed by atoms with van der Waals surface area (Å²) in [4.78, 5) is 40.7. The second-order valence-electron chi connectivity index (χ2n) is 6.56. The van der Waals surface area contributed by atoms with Crippen molar-refractivity contribution in [3.05, 3.63) is 102 Å². The van der Waals surface area contributed by atoms with Crippen molar-refractivity contribution in [3.8, 4) is 0 Å². The molecule has 1 heterocycles. The van der Waals surface area contributed by atoms with Crippen LogP contribution in [0.4, 0.5) is 0 Å². The van der Waals surface area contributed by atoms with Crippen molar-refractivity contribution in [1.82, 2.24) is 4.90 Å². The van der Waals surface area contributed by atoms with Gasteiger partial charge < -0.3 is 5.11 Å². The largest absolute Gasteiger partial charge is 0.386 e. The van der Waals surface area contributed by atoms with Crippen LogP contribution in [0.1, 0.15) is 32.4 Å². The van der Waals surface area contributed by atoms with E-state index < -0.39 is 29.1 Å². The maximum Gasteiger partial charge on any atom is 0.262 e. The number of aliphatic hydroxyl groups excluding tert-OH is 1. The van der Waals surface area contributed by atoms with Gasteiger partial charge in [-0.15, -0.1) is 0 Å². The van der Waals surface area contributed by atoms with Crippen LogP contribution < -0.4 is 0 Å². The number of benzene rings is 3. The summed E-state index contributed by atoms with van der Waals surface area (Å²) in [6.45, 7) is 0. The van der Waals surface area contributed by atoms with Crippen molar-refractivity contribution in [2.24, 2.45) is 0 Å². The highest BCUT2D eigenvalue weighted by Crippen LogP contribution is 2.34. The molecule has 0 bridgehead atoms. The Balaban J connectivity index is 1.74. The normalized spacial score (nSPS) is 15.1. The van der Waals surface area contributed by atoms with E-state index in [1.165, 1.54) is 0 Å². The highest BCUT2D eigenvalue weighted by Gasteiger charge is 2.46. The molecule has 0 unspecified atom stereocenters. The van der Waals surface area contributed by atoms with Gasteiger partial charge in [-0.3, -0.25) is 19.3 Å². The van der Waals surface area contributed by atoms with E-state index in [-0.39, 0.29) is 11.1 Å². The van der Waals surface area contributed by atoms with Gasteiger partial charge in [-0.1, -0.05) is 60.7 Å². The summed E-state index contributed by atoms with van der Waals surface area (Å²) in [7, 11) is 0. The Hall–Kier alpha value is -3.22. The molecular formula is C23H17NO4S. The van der Waals surface area contributed by atoms with Crippen LogP contribution in [0, 0.1) is 0 Å². The molecule has 144 valence electrons. The number of amides is 2. The predicted molar refractivity (Wildman–Crippen MR) is 109 cm³/mol. The number of carbonyl (C=O) groups excluding carboxylic acids is 3. The van der Waals surface area contributed by atoms with Gasteiger partial charge in [0, 0.05) is 4.90 Å². The molecule has 0 aromatic heterocycles. The van der Waals surface area contributed by atoms with E-state index in [1.807, 2.05) is 6.07 Å². The Labute approximate surface area is 172 Å². The van der Waals surface area contributed by atoms with Crippen LogP contribution in [0.3, 0.4) is 0 Å². The van der Waals surface area contributed by atoms with Crippen LogP contribution in [-0.2, 0) is 4.79 Å². The first-order chi connectivity index (χ1) is 14.1. The zero-order valence-corrected chi connectivity index (χ0v) is 16.1. The molecule has 0 spiro atoms. The molecule has 1 aliphatic heterocycles. The van der Waals surface area contributed by atoms with E-state index in [1.54, 1.807) is 78.9 Å². The zero-order valence-electron chi connectivity index (χ0n) is 15.3. The molecule has 1 N–H and O–H groups in total. The van der Waals surface area contributed by atoms with Gasteiger partial charge in [0.25, 0.3) is 11.8 Å². The van der Waals surface area contributed by atoms with Crippen molar-refractivity contribution in [2.75, 3.05) is 0 Å². The van der Waals surface area contributed by atoms with E-state index in [4.69, 9.17) is 0 Å². The fourth-order valence-corrected chi connectivity index (χ4v) is 4.21. The number of imide groups is 1. The fraction of sp³-hybridized carbons (Fsp3) is 0.0870. The fourth-order valence-electron chi connectivity index (χ4n) is 3.33. The molecule has 0 saturated carbocycles. The molecule has 1 aliphatic rings. The molecule has 3 aromatic rings. The van der Waals surface area contributed by atoms with Gasteiger partial charge in [0.1, 0.15) is 12.1 Å². The molecule has 2 atom stereocenters. The summed E-state index contributed by atoms with van der Waals surface area (Å²) in [6, 6.07) is 22.6. The van der Waals surface area contributed by atoms with E-state index in [2.05, 4.69) is 0 Å². The Kier molecular flexibility index (Phi) is 5.29. The summed E-state index contributed by atoms with van der Waals surface area (Å²) in [6.07, 6.45) is -1.35. The Morgan fingerprint density at radius 2 is 1.24 bits per heavy atom. The molecule has 5 nitrogen and oxygen atoms in total. The number of thioether (sulfide) groups is 1. The molecule has 2 amide bonds. The highest BCUT2D eigenvalue weighted by atomic mass is 32.2. The minimum atomic E-state index is -1.35. The summed E-state index contributed by atoms with van der Waals surface area (Å²) in [5, 5.41) is 10.5. The van der Waals surface area contributed by atoms with Crippen molar-refractivity contribution < 1.29 is 19.5 Å². The minimum absolute atomic E-state index is 0.236. The van der Waals surface area contributed by atoms with Gasteiger partial charge in [0.2, 0.25) is 5.12 Å². The summed E-state index contributed by atoms with van der Waals surface area (Å²) in [5.74, 6) is -1.15. The van der Waals surface area contributed by atoms with Gasteiger partial charge in [0.15, 0.2) is 0 Å². The first-order valence-corrected chi connectivity index (χ1v) is 9.86. The second kappa shape index (κ2) is 8.03. The zero-order chi connectivity index (χ0) is 20.4. The SMILES string of the molecule is O=C(Sc1ccccc1)[C@@H]([C@@H](O)c1ccccc1)N1C(=O)c2ccccc2C1=O. The average Bonchev–Trinajstić information content (AvgIpc) is 3.01. The van der Waals surface area contributed by atoms with Gasteiger partial charge in [0.05, 0.1) is 11.1 Å². The van der Waals surface area contributed by atoms with Gasteiger partial charge in [-0.05, 0) is 41.6 Å². The lowest BCUT2D eigenvalue weighted by Gasteiger charge is -2.29. The summed E-state index contributed by atoms with van der Waals surface area (Å²) < 4.78 is 0. The molecule has 29 heavy (non-hydrogen) atoms. The monoisotopic (exact) mass is 403 g/mol. The summed E-state index contributed by atoms with van der Waals surface area (Å²) >= 11 is 0.899. The maximum absolute atomic E-state index is 13.2. The molecular weight excluding hydrogens is 386 g/mol. The van der Waals surface area contributed by atoms with E-state index >= 15 is 0 Å². The van der Waals surface area contributed by atoms with Gasteiger partial charge >= 0.3 is 0 Å². The van der Waals surface area contributed by atoms with Crippen LogP contribution in [0.2, 0.25) is 0 Å². The molecule has 0 aliphatic carbocycles. The highest BCUT2D eigenvalue weighted by molar-refractivity contribution is 8.13. The lowest BCUT2D eigenvalue weighted by Crippen LogP contribution is -2.47. The Morgan fingerprint density at radius 3 is 1.79 bits per heavy atom. The summed E-state index contributed by atoms with van der Waals surface area (Å²) in [5.41, 5.74) is 0.927. The minimum Gasteiger partial charge on any atom is -0.386 e. The molecule has 0 saturated heterocycles. The van der Waals surface area contributed by atoms with E-state index in [0.717, 1.165) is 16.7 Å². The van der Waals surface area contributed by atoms with Gasteiger partial charge in [-0.25, -0.2) is 0 Å². The topological polar surface area (TPSA) is 74.7 Å². The lowest BCUT2D eigenvalue weighted by atomic mass is 10.0. The van der Waals surface area contributed by atoms with Crippen LogP contribution in [-0.4, -0.2) is 33.0 Å². The number of hydrogen-bond acceptors (Lipinski definition) is 5. The first-order valence-electron chi connectivity index (χ1n) is 9.04. The number of rotatable bonds is 5. The van der Waals surface area contributed by atoms with Crippen LogP contribution >= 0.6 is 11.8 Å². The van der Waals surface area contributed by atoms with Crippen molar-refractivity contribution in [3.63, 3.8) is 0 Å². The first kappa shape index (κ1) is 19.1. The third-order valence-corrected chi connectivity index (χ3v) is 5.70. The predicted octanol–water partition coefficient (Wildman–Crippen LogP) is 3.70. The molecule has 4 rings (SSSR count). The number of fused-ring (bicyclic) bond motifs is 1. The number of aliphatic hydroxyl groups is 1. The maximum atomic E-state index is 13.2. The molecule has 3 aromatic carbocycles. The molecule has 6 heteroatoms. The van der Waals surface area contributed by atoms with E-state index in [0.29, 0.717) is 10.5 Å². The Bertz CT molecular complexity index is 1030. The second-order valence-corrected chi connectivity index (χ2v) is 7.64. The van der Waals surface area contributed by atoms with E-state index in [9.17, 15) is 19.5 Å². The average molecular weight is 403 g/mol. The van der Waals surface area contributed by atoms with Crippen LogP contribution in [0.15, 0.2) is 89.8 Å². The van der Waals surface area contributed by atoms with Gasteiger partial charge in [-0.2, -0.15) is 0 Å². The Morgan fingerprint density at radius 1 is 0.759 bits per heavy atom. The number of hydrogen-bond donors (Lipinski definition) is 1. The molecule has 0 fully saturated rings. The standard InChI is InChI=1S/C23H17NO4S/c25-20(15-9-3-1-4-10-15)19(23(28)29-16-11-5-2-6-12-16)24-21(26)17-13-7-8-14-18(17)22(24)27/h1-14,19-20,25H/t19-,20+/m1/s1. The van der Waals surface area contributed by atoms with Crippen molar-refractivity contribution in [1.29, 1.82) is 0 Å². The quantitative estimate of drug-likeness (QED) is 0.519. The number of nitrogens with zero attached hydrogens (tertiary/aromatic N) is 1. The molecule has 0 radical (unpaired) electrons. The van der Waals surface area contributed by atoms with Crippen molar-refractivity contribution >= 4 is 28.7 Å². The third kappa shape index (κ3) is 3.60. The van der Waals surface area contributed by atoms with Crippen LogP contribution in [0.5, 0.6) is 0 Å². The van der Waals surface area contributed by atoms with Crippen molar-refractivity contribution in [2.45, 2.75) is 17.0 Å².